The molecule has 1 aliphatic rings. The van der Waals surface area contributed by atoms with Crippen molar-refractivity contribution in [3.8, 4) is 0 Å². The Kier molecular flexibility index (Phi) is 4.82. The van der Waals surface area contributed by atoms with Gasteiger partial charge in [-0.1, -0.05) is 42.4 Å². The van der Waals surface area contributed by atoms with E-state index in [9.17, 15) is 4.79 Å². The molecule has 0 spiro atoms. The van der Waals surface area contributed by atoms with Crippen LogP contribution in [-0.4, -0.2) is 33.6 Å². The molecule has 126 valence electrons. The summed E-state index contributed by atoms with van der Waals surface area (Å²) in [5, 5.41) is 9.00. The number of carbonyl (C=O) groups excluding carboxylic acids is 1. The standard InChI is InChI=1S/C16H17ClN4O2S/c1-4-24-16-19-15-18-9(2)12(14(22)23-3)13(21(15)20-16)10-5-7-11(17)8-6-10/h5-8,13H,4H2,1-3H3,(H,18,19,20)/t13-/m0/s1. The first-order valence-electron chi connectivity index (χ1n) is 7.46. The van der Waals surface area contributed by atoms with Crippen molar-refractivity contribution in [2.45, 2.75) is 25.0 Å². The number of ether oxygens (including phenoxy) is 1. The van der Waals surface area contributed by atoms with Gasteiger partial charge < -0.3 is 10.1 Å². The van der Waals surface area contributed by atoms with E-state index in [0.29, 0.717) is 27.4 Å². The summed E-state index contributed by atoms with van der Waals surface area (Å²) in [6.45, 7) is 3.87. The number of halogens is 1. The molecule has 0 amide bonds. The Labute approximate surface area is 149 Å². The molecule has 6 nitrogen and oxygen atoms in total. The maximum absolute atomic E-state index is 12.4. The number of benzene rings is 1. The molecule has 1 aromatic carbocycles. The van der Waals surface area contributed by atoms with E-state index in [1.807, 2.05) is 26.0 Å². The third-order valence-corrected chi connectivity index (χ3v) is 4.67. The van der Waals surface area contributed by atoms with Gasteiger partial charge in [-0.25, -0.2) is 9.48 Å². The average Bonchev–Trinajstić information content (AvgIpc) is 2.96. The Morgan fingerprint density at radius 1 is 1.42 bits per heavy atom. The monoisotopic (exact) mass is 364 g/mol. The lowest BCUT2D eigenvalue weighted by Crippen LogP contribution is -2.29. The smallest absolute Gasteiger partial charge is 0.338 e. The summed E-state index contributed by atoms with van der Waals surface area (Å²) in [5.41, 5.74) is 2.10. The molecule has 24 heavy (non-hydrogen) atoms. The predicted octanol–water partition coefficient (Wildman–Crippen LogP) is 3.51. The van der Waals surface area contributed by atoms with Gasteiger partial charge in [-0.05, 0) is 30.4 Å². The molecule has 1 N–H and O–H groups in total. The highest BCUT2D eigenvalue weighted by molar-refractivity contribution is 7.99. The molecule has 0 unspecified atom stereocenters. The molecule has 2 aromatic rings. The lowest BCUT2D eigenvalue weighted by Gasteiger charge is -2.27. The van der Waals surface area contributed by atoms with Crippen LogP contribution in [0.25, 0.3) is 0 Å². The lowest BCUT2D eigenvalue weighted by atomic mass is 9.96. The van der Waals surface area contributed by atoms with E-state index in [-0.39, 0.29) is 0 Å². The molecule has 8 heteroatoms. The largest absolute Gasteiger partial charge is 0.466 e. The number of esters is 1. The number of nitrogens with zero attached hydrogens (tertiary/aromatic N) is 3. The van der Waals surface area contributed by atoms with Crippen molar-refractivity contribution in [3.05, 3.63) is 46.1 Å². The van der Waals surface area contributed by atoms with Crippen LogP contribution in [0.2, 0.25) is 5.02 Å². The Morgan fingerprint density at radius 3 is 2.75 bits per heavy atom. The molecule has 1 aromatic heterocycles. The highest BCUT2D eigenvalue weighted by Crippen LogP contribution is 2.36. The number of hydrogen-bond acceptors (Lipinski definition) is 6. The number of thioether (sulfide) groups is 1. The summed E-state index contributed by atoms with van der Waals surface area (Å²) >= 11 is 7.54. The molecule has 2 heterocycles. The SMILES string of the molecule is CCSc1nc2n(n1)[C@@H](c1ccc(Cl)cc1)C(C(=O)OC)=C(C)N2. The van der Waals surface area contributed by atoms with Crippen LogP contribution >= 0.6 is 23.4 Å². The second-order valence-electron chi connectivity index (χ2n) is 5.20. The quantitative estimate of drug-likeness (QED) is 0.661. The first kappa shape index (κ1) is 16.9. The molecule has 0 fully saturated rings. The van der Waals surface area contributed by atoms with Crippen molar-refractivity contribution in [1.29, 1.82) is 0 Å². The summed E-state index contributed by atoms with van der Waals surface area (Å²) in [7, 11) is 1.37. The van der Waals surface area contributed by atoms with Gasteiger partial charge in [0, 0.05) is 10.7 Å². The number of hydrogen-bond donors (Lipinski definition) is 1. The van der Waals surface area contributed by atoms with Crippen molar-refractivity contribution < 1.29 is 9.53 Å². The summed E-state index contributed by atoms with van der Waals surface area (Å²) < 4.78 is 6.70. The number of rotatable bonds is 4. The predicted molar refractivity (Wildman–Crippen MR) is 94.3 cm³/mol. The molecule has 0 saturated carbocycles. The highest BCUT2D eigenvalue weighted by atomic mass is 35.5. The third kappa shape index (κ3) is 3.01. The Morgan fingerprint density at radius 2 is 2.12 bits per heavy atom. The molecule has 3 rings (SSSR count). The number of aromatic nitrogens is 3. The fourth-order valence-corrected chi connectivity index (χ4v) is 3.33. The molecular formula is C16H17ClN4O2S. The van der Waals surface area contributed by atoms with Crippen LogP contribution in [0.1, 0.15) is 25.5 Å². The maximum atomic E-state index is 12.4. The molecule has 1 atom stereocenters. The second kappa shape index (κ2) is 6.86. The number of allylic oxidation sites excluding steroid dienone is 1. The van der Waals surface area contributed by atoms with Crippen LogP contribution in [-0.2, 0) is 9.53 Å². The van der Waals surface area contributed by atoms with Crippen molar-refractivity contribution in [2.24, 2.45) is 0 Å². The molecule has 0 aliphatic carbocycles. The minimum atomic E-state index is -0.412. The first-order valence-corrected chi connectivity index (χ1v) is 8.82. The Balaban J connectivity index is 2.15. The zero-order valence-electron chi connectivity index (χ0n) is 13.5. The van der Waals surface area contributed by atoms with Gasteiger partial charge in [0.25, 0.3) is 0 Å². The van der Waals surface area contributed by atoms with E-state index in [1.54, 1.807) is 28.6 Å². The van der Waals surface area contributed by atoms with E-state index in [4.69, 9.17) is 16.3 Å². The Hall–Kier alpha value is -1.99. The minimum absolute atomic E-state index is 0.397. The number of carbonyl (C=O) groups is 1. The van der Waals surface area contributed by atoms with Crippen LogP contribution in [0.4, 0.5) is 5.95 Å². The second-order valence-corrected chi connectivity index (χ2v) is 6.87. The summed E-state index contributed by atoms with van der Waals surface area (Å²) in [5.74, 6) is 1.08. The van der Waals surface area contributed by atoms with Gasteiger partial charge in [-0.15, -0.1) is 5.10 Å². The number of anilines is 1. The van der Waals surface area contributed by atoms with Crippen molar-refractivity contribution in [1.82, 2.24) is 14.8 Å². The van der Waals surface area contributed by atoms with Gasteiger partial charge >= 0.3 is 5.97 Å². The summed E-state index contributed by atoms with van der Waals surface area (Å²) in [6.07, 6.45) is 0. The van der Waals surface area contributed by atoms with E-state index >= 15 is 0 Å². The third-order valence-electron chi connectivity index (χ3n) is 3.70. The van der Waals surface area contributed by atoms with Crippen LogP contribution in [0.3, 0.4) is 0 Å². The van der Waals surface area contributed by atoms with Crippen LogP contribution in [0, 0.1) is 0 Å². The molecule has 1 aliphatic heterocycles. The summed E-state index contributed by atoms with van der Waals surface area (Å²) in [4.78, 5) is 16.9. The molecule has 0 bridgehead atoms. The van der Waals surface area contributed by atoms with Crippen molar-refractivity contribution >= 4 is 35.3 Å². The topological polar surface area (TPSA) is 69.0 Å². The van der Waals surface area contributed by atoms with Gasteiger partial charge in [-0.2, -0.15) is 4.98 Å². The highest BCUT2D eigenvalue weighted by Gasteiger charge is 2.34. The number of methoxy groups -OCH3 is 1. The molecule has 0 radical (unpaired) electrons. The average molecular weight is 365 g/mol. The van der Waals surface area contributed by atoms with Gasteiger partial charge in [-0.3, -0.25) is 0 Å². The Bertz CT molecular complexity index is 801. The van der Waals surface area contributed by atoms with Crippen LogP contribution < -0.4 is 5.32 Å². The van der Waals surface area contributed by atoms with Crippen LogP contribution in [0.5, 0.6) is 0 Å². The zero-order valence-corrected chi connectivity index (χ0v) is 15.1. The summed E-state index contributed by atoms with van der Waals surface area (Å²) in [6, 6.07) is 6.94. The van der Waals surface area contributed by atoms with E-state index in [1.165, 1.54) is 7.11 Å². The first-order chi connectivity index (χ1) is 11.5. The molecular weight excluding hydrogens is 348 g/mol. The van der Waals surface area contributed by atoms with Gasteiger partial charge in [0.15, 0.2) is 0 Å². The van der Waals surface area contributed by atoms with Crippen molar-refractivity contribution in [3.63, 3.8) is 0 Å². The normalized spacial score (nSPS) is 16.6. The van der Waals surface area contributed by atoms with Gasteiger partial charge in [0.2, 0.25) is 11.1 Å². The maximum Gasteiger partial charge on any atom is 0.338 e. The fraction of sp³-hybridized carbons (Fsp3) is 0.312. The lowest BCUT2D eigenvalue weighted by molar-refractivity contribution is -0.136. The minimum Gasteiger partial charge on any atom is -0.466 e. The molecule has 0 saturated heterocycles. The zero-order chi connectivity index (χ0) is 17.3. The van der Waals surface area contributed by atoms with E-state index in [0.717, 1.165) is 11.3 Å². The van der Waals surface area contributed by atoms with Crippen LogP contribution in [0.15, 0.2) is 40.7 Å². The van der Waals surface area contributed by atoms with Gasteiger partial charge in [0.05, 0.1) is 12.7 Å². The van der Waals surface area contributed by atoms with Crippen molar-refractivity contribution in [2.75, 3.05) is 18.2 Å². The number of fused-ring (bicyclic) bond motifs is 1. The fourth-order valence-electron chi connectivity index (χ4n) is 2.65. The number of nitrogens with one attached hydrogen (secondary N) is 1. The van der Waals surface area contributed by atoms with E-state index < -0.39 is 12.0 Å². The van der Waals surface area contributed by atoms with E-state index in [2.05, 4.69) is 15.4 Å². The van der Waals surface area contributed by atoms with Gasteiger partial charge in [0.1, 0.15) is 6.04 Å².